The van der Waals surface area contributed by atoms with Gasteiger partial charge in [0.05, 0.1) is 11.6 Å². The molecule has 5 heteroatoms. The highest BCUT2D eigenvalue weighted by Crippen LogP contribution is 2.32. The van der Waals surface area contributed by atoms with E-state index in [1.165, 1.54) is 17.7 Å². The third-order valence-corrected chi connectivity index (χ3v) is 5.05. The maximum absolute atomic E-state index is 13.4. The van der Waals surface area contributed by atoms with E-state index in [0.29, 0.717) is 17.7 Å². The predicted molar refractivity (Wildman–Crippen MR) is 104 cm³/mol. The molecule has 0 saturated heterocycles. The fourth-order valence-electron chi connectivity index (χ4n) is 3.66. The smallest absolute Gasteiger partial charge is 0.161 e. The first-order chi connectivity index (χ1) is 13.1. The van der Waals surface area contributed by atoms with Crippen LogP contribution in [0.3, 0.4) is 0 Å². The van der Waals surface area contributed by atoms with Crippen molar-refractivity contribution in [3.05, 3.63) is 71.2 Å². The lowest BCUT2D eigenvalue weighted by atomic mass is 9.97. The van der Waals surface area contributed by atoms with E-state index in [-0.39, 0.29) is 11.6 Å². The summed E-state index contributed by atoms with van der Waals surface area (Å²) in [6.45, 7) is 2.94. The maximum Gasteiger partial charge on any atom is 0.161 e. The van der Waals surface area contributed by atoms with Gasteiger partial charge in [-0.1, -0.05) is 6.08 Å². The molecule has 0 radical (unpaired) electrons. The van der Waals surface area contributed by atoms with Gasteiger partial charge < -0.3 is 9.88 Å². The number of Topliss-reactive ketones (excluding diaryl/α,β-unsaturated/α-hetero) is 1. The fraction of sp³-hybridized carbons (Fsp3) is 0.182. The SMILES string of the molecule is CC(=O)c1ccc(C#N)cc1N1CC=C(c2c[nH]c3cc(F)ccc23)CC1. The lowest BCUT2D eigenvalue weighted by molar-refractivity contribution is 0.101. The number of fused-ring (bicyclic) bond motifs is 1. The van der Waals surface area contributed by atoms with E-state index in [1.54, 1.807) is 31.2 Å². The molecule has 134 valence electrons. The highest BCUT2D eigenvalue weighted by molar-refractivity contribution is 6.00. The number of H-pyrrole nitrogens is 1. The van der Waals surface area contributed by atoms with Crippen molar-refractivity contribution in [1.29, 1.82) is 5.26 Å². The normalized spacial score (nSPS) is 14.1. The lowest BCUT2D eigenvalue weighted by Crippen LogP contribution is -2.29. The zero-order chi connectivity index (χ0) is 19.0. The molecule has 4 rings (SSSR count). The molecule has 0 spiro atoms. The number of aromatic amines is 1. The minimum absolute atomic E-state index is 0.0112. The van der Waals surface area contributed by atoms with Crippen LogP contribution in [0.1, 0.15) is 34.8 Å². The number of nitriles is 1. The average Bonchev–Trinajstić information content (AvgIpc) is 3.10. The number of aromatic nitrogens is 1. The summed E-state index contributed by atoms with van der Waals surface area (Å²) >= 11 is 0. The van der Waals surface area contributed by atoms with Crippen molar-refractivity contribution < 1.29 is 9.18 Å². The monoisotopic (exact) mass is 359 g/mol. The number of halogens is 1. The van der Waals surface area contributed by atoms with E-state index in [2.05, 4.69) is 22.0 Å². The van der Waals surface area contributed by atoms with E-state index in [4.69, 9.17) is 0 Å². The van der Waals surface area contributed by atoms with Crippen molar-refractivity contribution in [2.24, 2.45) is 0 Å². The third kappa shape index (κ3) is 3.11. The van der Waals surface area contributed by atoms with Gasteiger partial charge in [0.15, 0.2) is 5.78 Å². The molecule has 27 heavy (non-hydrogen) atoms. The Bertz CT molecular complexity index is 1120. The van der Waals surface area contributed by atoms with E-state index in [1.807, 2.05) is 6.20 Å². The van der Waals surface area contributed by atoms with E-state index in [9.17, 15) is 14.4 Å². The number of nitrogens with zero attached hydrogens (tertiary/aromatic N) is 2. The standard InChI is InChI=1S/C22H18FN3O/c1-14(27)18-4-2-15(12-24)10-22(18)26-8-6-16(7-9-26)20-13-25-21-11-17(23)3-5-19(20)21/h2-6,10-11,13,25H,7-9H2,1H3. The van der Waals surface area contributed by atoms with Gasteiger partial charge in [-0.05, 0) is 55.3 Å². The number of rotatable bonds is 3. The topological polar surface area (TPSA) is 59.9 Å². The molecule has 2 heterocycles. The zero-order valence-corrected chi connectivity index (χ0v) is 14.9. The molecular weight excluding hydrogens is 341 g/mol. The van der Waals surface area contributed by atoms with Crippen LogP contribution in [-0.2, 0) is 0 Å². The first kappa shape index (κ1) is 17.0. The molecule has 0 bridgehead atoms. The lowest BCUT2D eigenvalue weighted by Gasteiger charge is -2.30. The number of benzene rings is 2. The number of hydrogen-bond donors (Lipinski definition) is 1. The Morgan fingerprint density at radius 1 is 1.26 bits per heavy atom. The summed E-state index contributed by atoms with van der Waals surface area (Å²) in [7, 11) is 0. The molecule has 2 aromatic carbocycles. The molecule has 4 nitrogen and oxygen atoms in total. The van der Waals surface area contributed by atoms with Gasteiger partial charge in [0.2, 0.25) is 0 Å². The van der Waals surface area contributed by atoms with Gasteiger partial charge in [-0.25, -0.2) is 4.39 Å². The van der Waals surface area contributed by atoms with Gasteiger partial charge in [-0.3, -0.25) is 4.79 Å². The van der Waals surface area contributed by atoms with E-state index < -0.39 is 0 Å². The van der Waals surface area contributed by atoms with Crippen molar-refractivity contribution in [2.75, 3.05) is 18.0 Å². The summed E-state index contributed by atoms with van der Waals surface area (Å²) < 4.78 is 13.4. The Labute approximate surface area is 156 Å². The van der Waals surface area contributed by atoms with Crippen LogP contribution in [0.25, 0.3) is 16.5 Å². The van der Waals surface area contributed by atoms with Crippen molar-refractivity contribution in [3.8, 4) is 6.07 Å². The largest absolute Gasteiger partial charge is 0.367 e. The van der Waals surface area contributed by atoms with E-state index in [0.717, 1.165) is 35.1 Å². The van der Waals surface area contributed by atoms with Crippen molar-refractivity contribution in [1.82, 2.24) is 4.98 Å². The van der Waals surface area contributed by atoms with Crippen LogP contribution in [0.15, 0.2) is 48.7 Å². The van der Waals surface area contributed by atoms with Crippen molar-refractivity contribution >= 4 is 27.9 Å². The van der Waals surface area contributed by atoms with Crippen LogP contribution in [0, 0.1) is 17.1 Å². The molecule has 3 aromatic rings. The second-order valence-electron chi connectivity index (χ2n) is 6.72. The Kier molecular flexibility index (Phi) is 4.25. The second-order valence-corrected chi connectivity index (χ2v) is 6.72. The maximum atomic E-state index is 13.4. The summed E-state index contributed by atoms with van der Waals surface area (Å²) in [5, 5.41) is 10.2. The molecule has 1 N–H and O–H groups in total. The third-order valence-electron chi connectivity index (χ3n) is 5.05. The molecule has 1 aliphatic rings. The van der Waals surface area contributed by atoms with Crippen LogP contribution in [0.2, 0.25) is 0 Å². The molecule has 0 unspecified atom stereocenters. The molecule has 0 atom stereocenters. The molecule has 1 aliphatic heterocycles. The van der Waals surface area contributed by atoms with Gasteiger partial charge in [-0.2, -0.15) is 5.26 Å². The molecular formula is C22H18FN3O. The number of carbonyl (C=O) groups is 1. The minimum Gasteiger partial charge on any atom is -0.367 e. The van der Waals surface area contributed by atoms with Crippen molar-refractivity contribution in [2.45, 2.75) is 13.3 Å². The molecule has 0 saturated carbocycles. The van der Waals surface area contributed by atoms with Gasteiger partial charge in [-0.15, -0.1) is 0 Å². The summed E-state index contributed by atoms with van der Waals surface area (Å²) in [6, 6.07) is 12.1. The minimum atomic E-state index is -0.256. The number of hydrogen-bond acceptors (Lipinski definition) is 3. The highest BCUT2D eigenvalue weighted by Gasteiger charge is 2.19. The van der Waals surface area contributed by atoms with Crippen LogP contribution >= 0.6 is 0 Å². The van der Waals surface area contributed by atoms with Gasteiger partial charge >= 0.3 is 0 Å². The summed E-state index contributed by atoms with van der Waals surface area (Å²) in [5.74, 6) is -0.267. The number of ketones is 1. The molecule has 0 amide bonds. The highest BCUT2D eigenvalue weighted by atomic mass is 19.1. The van der Waals surface area contributed by atoms with Crippen LogP contribution in [0.4, 0.5) is 10.1 Å². The second kappa shape index (κ2) is 6.73. The van der Waals surface area contributed by atoms with Crippen LogP contribution < -0.4 is 4.90 Å². The quantitative estimate of drug-likeness (QED) is 0.691. The molecule has 1 aromatic heterocycles. The Morgan fingerprint density at radius 3 is 2.81 bits per heavy atom. The summed E-state index contributed by atoms with van der Waals surface area (Å²) in [5.41, 5.74) is 5.05. The number of anilines is 1. The van der Waals surface area contributed by atoms with Gasteiger partial charge in [0, 0.05) is 47.0 Å². The Morgan fingerprint density at radius 2 is 2.11 bits per heavy atom. The van der Waals surface area contributed by atoms with E-state index >= 15 is 0 Å². The molecule has 0 fully saturated rings. The average molecular weight is 359 g/mol. The van der Waals surface area contributed by atoms with Crippen molar-refractivity contribution in [3.63, 3.8) is 0 Å². The summed E-state index contributed by atoms with van der Waals surface area (Å²) in [6.07, 6.45) is 4.86. The Balaban J connectivity index is 1.66. The van der Waals surface area contributed by atoms with Gasteiger partial charge in [0.25, 0.3) is 0 Å². The molecule has 0 aliphatic carbocycles. The van der Waals surface area contributed by atoms with Crippen LogP contribution in [-0.4, -0.2) is 23.9 Å². The number of carbonyl (C=O) groups excluding carboxylic acids is 1. The zero-order valence-electron chi connectivity index (χ0n) is 14.9. The summed E-state index contributed by atoms with van der Waals surface area (Å²) in [4.78, 5) is 17.2. The van der Waals surface area contributed by atoms with Crippen LogP contribution in [0.5, 0.6) is 0 Å². The first-order valence-electron chi connectivity index (χ1n) is 8.83. The number of nitrogens with one attached hydrogen (secondary N) is 1. The Hall–Kier alpha value is -3.39. The first-order valence-corrected chi connectivity index (χ1v) is 8.83. The predicted octanol–water partition coefficient (Wildman–Crippen LogP) is 4.67. The fourth-order valence-corrected chi connectivity index (χ4v) is 3.66. The van der Waals surface area contributed by atoms with Gasteiger partial charge in [0.1, 0.15) is 5.82 Å².